The molecule has 0 saturated heterocycles. The molecule has 148 valence electrons. The molecule has 0 saturated carbocycles. The predicted octanol–water partition coefficient (Wildman–Crippen LogP) is 2.38. The number of pyridine rings is 1. The molecule has 2 rings (SSSR count). The third-order valence-corrected chi connectivity index (χ3v) is 4.26. The van der Waals surface area contributed by atoms with Gasteiger partial charge in [0.05, 0.1) is 22.2 Å². The van der Waals surface area contributed by atoms with Crippen LogP contribution in [0, 0.1) is 6.92 Å². The molecule has 4 N–H and O–H groups in total. The lowest BCUT2D eigenvalue weighted by atomic mass is 10.1. The highest BCUT2D eigenvalue weighted by atomic mass is 35.5. The first-order valence-corrected chi connectivity index (χ1v) is 8.93. The van der Waals surface area contributed by atoms with Crippen LogP contribution in [0.5, 0.6) is 0 Å². The first-order chi connectivity index (χ1) is 13.3. The van der Waals surface area contributed by atoms with Crippen molar-refractivity contribution in [2.45, 2.75) is 19.5 Å². The van der Waals surface area contributed by atoms with Crippen molar-refractivity contribution >= 4 is 41.1 Å². The van der Waals surface area contributed by atoms with Gasteiger partial charge in [-0.15, -0.1) is 0 Å². The van der Waals surface area contributed by atoms with E-state index < -0.39 is 23.9 Å². The number of halogens is 2. The molecule has 1 aromatic heterocycles. The van der Waals surface area contributed by atoms with Crippen molar-refractivity contribution in [3.05, 3.63) is 63.4 Å². The second kappa shape index (κ2) is 9.91. The number of benzene rings is 1. The predicted molar refractivity (Wildman–Crippen MR) is 105 cm³/mol. The number of carbonyl (C=O) groups excluding carboxylic acids is 2. The van der Waals surface area contributed by atoms with Gasteiger partial charge in [-0.3, -0.25) is 9.78 Å². The number of nitrogens with one attached hydrogen (secondary N) is 3. The van der Waals surface area contributed by atoms with E-state index in [9.17, 15) is 19.5 Å². The summed E-state index contributed by atoms with van der Waals surface area (Å²) < 4.78 is 0. The van der Waals surface area contributed by atoms with Gasteiger partial charge in [-0.2, -0.15) is 0 Å². The summed E-state index contributed by atoms with van der Waals surface area (Å²) in [6.07, 6.45) is 2.43. The fourth-order valence-electron chi connectivity index (χ4n) is 2.32. The molecule has 0 aliphatic rings. The number of carbonyl (C=O) groups is 3. The number of aliphatic carboxylic acids is 1. The van der Waals surface area contributed by atoms with E-state index in [0.29, 0.717) is 0 Å². The molecule has 1 heterocycles. The molecule has 0 unspecified atom stereocenters. The van der Waals surface area contributed by atoms with Crippen molar-refractivity contribution in [1.29, 1.82) is 0 Å². The lowest BCUT2D eigenvalue weighted by molar-refractivity contribution is -0.139. The van der Waals surface area contributed by atoms with Crippen molar-refractivity contribution in [3.63, 3.8) is 0 Å². The van der Waals surface area contributed by atoms with Crippen LogP contribution in [0.2, 0.25) is 10.0 Å². The zero-order chi connectivity index (χ0) is 20.7. The van der Waals surface area contributed by atoms with Crippen LogP contribution in [-0.4, -0.2) is 40.6 Å². The Kier molecular flexibility index (Phi) is 7.60. The smallest absolute Gasteiger partial charge is 0.328 e. The third kappa shape index (κ3) is 6.11. The number of nitrogens with zero attached hydrogens (tertiary/aromatic N) is 1. The second-order valence-corrected chi connectivity index (χ2v) is 6.71. The maximum absolute atomic E-state index is 12.3. The van der Waals surface area contributed by atoms with E-state index in [-0.39, 0.29) is 28.7 Å². The number of hydrogen-bond donors (Lipinski definition) is 4. The lowest BCUT2D eigenvalue weighted by Crippen LogP contribution is -2.50. The molecule has 0 aliphatic carbocycles. The monoisotopic (exact) mass is 424 g/mol. The van der Waals surface area contributed by atoms with Crippen molar-refractivity contribution in [3.8, 4) is 0 Å². The van der Waals surface area contributed by atoms with E-state index in [1.54, 1.807) is 0 Å². The topological polar surface area (TPSA) is 120 Å². The van der Waals surface area contributed by atoms with Crippen LogP contribution in [0.3, 0.4) is 0 Å². The molecular formula is C18H18Cl2N4O4. The molecule has 2 aromatic rings. The molecule has 0 spiro atoms. The fourth-order valence-corrected chi connectivity index (χ4v) is 2.86. The quantitative estimate of drug-likeness (QED) is 0.543. The first-order valence-electron chi connectivity index (χ1n) is 8.18. The van der Waals surface area contributed by atoms with E-state index >= 15 is 0 Å². The molecule has 28 heavy (non-hydrogen) atoms. The van der Waals surface area contributed by atoms with Gasteiger partial charge in [0.2, 0.25) is 0 Å². The molecule has 3 amide bonds. The Morgan fingerprint density at radius 2 is 1.82 bits per heavy atom. The lowest BCUT2D eigenvalue weighted by Gasteiger charge is -2.16. The van der Waals surface area contributed by atoms with Crippen LogP contribution in [0.25, 0.3) is 0 Å². The Bertz CT molecular complexity index is 871. The van der Waals surface area contributed by atoms with Gasteiger partial charge in [-0.1, -0.05) is 53.0 Å². The Hall–Kier alpha value is -2.84. The van der Waals surface area contributed by atoms with Crippen molar-refractivity contribution in [2.75, 3.05) is 6.54 Å². The first kappa shape index (κ1) is 21.5. The van der Waals surface area contributed by atoms with Gasteiger partial charge in [0.25, 0.3) is 5.91 Å². The number of carboxylic acid groups (broad SMARTS) is 1. The summed E-state index contributed by atoms with van der Waals surface area (Å²) in [4.78, 5) is 39.3. The molecule has 0 fully saturated rings. The van der Waals surface area contributed by atoms with Gasteiger partial charge < -0.3 is 21.1 Å². The number of rotatable bonds is 7. The van der Waals surface area contributed by atoms with Crippen LogP contribution < -0.4 is 16.0 Å². The Morgan fingerprint density at radius 3 is 2.43 bits per heavy atom. The highest BCUT2D eigenvalue weighted by molar-refractivity contribution is 6.39. The molecule has 10 heteroatoms. The average Bonchev–Trinajstić information content (AvgIpc) is 2.63. The summed E-state index contributed by atoms with van der Waals surface area (Å²) >= 11 is 11.8. The van der Waals surface area contributed by atoms with Crippen molar-refractivity contribution in [2.24, 2.45) is 0 Å². The number of carboxylic acids is 1. The standard InChI is InChI=1S/C18H18Cl2N4O4/c1-10-3-2-4-11(5-10)6-22-18(28)23-9-14(17(26)27)24-16(25)15-12(19)7-21-8-13(15)20/h2-5,7-8,14H,6,9H2,1H3,(H,24,25)(H,26,27)(H2,22,23,28)/t14-/m0/s1. The summed E-state index contributed by atoms with van der Waals surface area (Å²) in [5.41, 5.74) is 1.87. The van der Waals surface area contributed by atoms with Gasteiger partial charge in [0.1, 0.15) is 6.04 Å². The van der Waals surface area contributed by atoms with Gasteiger partial charge in [-0.25, -0.2) is 9.59 Å². The molecule has 0 radical (unpaired) electrons. The zero-order valence-electron chi connectivity index (χ0n) is 14.8. The Morgan fingerprint density at radius 1 is 1.14 bits per heavy atom. The van der Waals surface area contributed by atoms with E-state index in [0.717, 1.165) is 11.1 Å². The van der Waals surface area contributed by atoms with E-state index in [2.05, 4.69) is 20.9 Å². The van der Waals surface area contributed by atoms with Gasteiger partial charge in [-0.05, 0) is 12.5 Å². The van der Waals surface area contributed by atoms with Crippen LogP contribution in [0.4, 0.5) is 4.79 Å². The Labute approximate surface area is 171 Å². The molecule has 8 nitrogen and oxygen atoms in total. The van der Waals surface area contributed by atoms with E-state index in [1.807, 2.05) is 31.2 Å². The SMILES string of the molecule is Cc1cccc(CNC(=O)NC[C@H](NC(=O)c2c(Cl)cncc2Cl)C(=O)O)c1. The van der Waals surface area contributed by atoms with Crippen LogP contribution >= 0.6 is 23.2 Å². The highest BCUT2D eigenvalue weighted by Crippen LogP contribution is 2.22. The summed E-state index contributed by atoms with van der Waals surface area (Å²) in [6.45, 7) is 1.88. The number of hydrogen-bond acceptors (Lipinski definition) is 4. The van der Waals surface area contributed by atoms with Gasteiger partial charge >= 0.3 is 12.0 Å². The molecular weight excluding hydrogens is 407 g/mol. The van der Waals surface area contributed by atoms with Gasteiger partial charge in [0, 0.05) is 18.9 Å². The van der Waals surface area contributed by atoms with Crippen LogP contribution in [0.1, 0.15) is 21.5 Å². The second-order valence-electron chi connectivity index (χ2n) is 5.90. The molecule has 0 aliphatic heterocycles. The normalized spacial score (nSPS) is 11.4. The average molecular weight is 425 g/mol. The summed E-state index contributed by atoms with van der Waals surface area (Å²) in [6, 6.07) is 5.64. The summed E-state index contributed by atoms with van der Waals surface area (Å²) in [5.74, 6) is -2.11. The number of amides is 3. The molecule has 1 atom stereocenters. The van der Waals surface area contributed by atoms with Crippen LogP contribution in [-0.2, 0) is 11.3 Å². The number of aryl methyl sites for hydroxylation is 1. The minimum absolute atomic E-state index is 0.0157. The van der Waals surface area contributed by atoms with Crippen molar-refractivity contribution in [1.82, 2.24) is 20.9 Å². The maximum atomic E-state index is 12.3. The van der Waals surface area contributed by atoms with Crippen LogP contribution in [0.15, 0.2) is 36.7 Å². The molecule has 1 aromatic carbocycles. The van der Waals surface area contributed by atoms with E-state index in [1.165, 1.54) is 12.4 Å². The van der Waals surface area contributed by atoms with Gasteiger partial charge in [0.15, 0.2) is 0 Å². The minimum atomic E-state index is -1.38. The molecule has 0 bridgehead atoms. The fraction of sp³-hybridized carbons (Fsp3) is 0.222. The zero-order valence-corrected chi connectivity index (χ0v) is 16.3. The number of urea groups is 1. The minimum Gasteiger partial charge on any atom is -0.480 e. The Balaban J connectivity index is 1.91. The maximum Gasteiger partial charge on any atom is 0.328 e. The summed E-state index contributed by atoms with van der Waals surface area (Å²) in [7, 11) is 0. The number of aromatic nitrogens is 1. The largest absolute Gasteiger partial charge is 0.480 e. The third-order valence-electron chi connectivity index (χ3n) is 3.69. The summed E-state index contributed by atoms with van der Waals surface area (Å²) in [5, 5.41) is 16.6. The van der Waals surface area contributed by atoms with Crippen molar-refractivity contribution < 1.29 is 19.5 Å². The van der Waals surface area contributed by atoms with E-state index in [4.69, 9.17) is 23.2 Å². The highest BCUT2D eigenvalue weighted by Gasteiger charge is 2.24.